The van der Waals surface area contributed by atoms with E-state index in [2.05, 4.69) is 46.6 Å². The van der Waals surface area contributed by atoms with Crippen LogP contribution in [0.4, 0.5) is 0 Å². The van der Waals surface area contributed by atoms with Crippen molar-refractivity contribution >= 4 is 23.7 Å². The van der Waals surface area contributed by atoms with Gasteiger partial charge >= 0.3 is 5.97 Å². The van der Waals surface area contributed by atoms with Gasteiger partial charge in [-0.2, -0.15) is 0 Å². The third-order valence-corrected chi connectivity index (χ3v) is 14.6. The number of carbonyl (C=O) groups excluding carboxylic acids is 3. The van der Waals surface area contributed by atoms with Crippen molar-refractivity contribution in [3.63, 3.8) is 0 Å². The van der Waals surface area contributed by atoms with Crippen LogP contribution in [0.3, 0.4) is 0 Å². The van der Waals surface area contributed by atoms with Gasteiger partial charge in [-0.15, -0.1) is 0 Å². The Bertz CT molecular complexity index is 1910. The molecule has 0 spiro atoms. The first-order valence-electron chi connectivity index (χ1n) is 34.9. The predicted molar refractivity (Wildman–Crippen MR) is 352 cm³/mol. The van der Waals surface area contributed by atoms with Gasteiger partial charge in [-0.25, -0.2) is 4.79 Å². The smallest absolute Gasteiger partial charge is 0.364 e. The van der Waals surface area contributed by atoms with Crippen LogP contribution in [0.5, 0.6) is 0 Å². The molecule has 1 fully saturated rings. The number of unbranched alkanes of at least 4 members (excludes halogenated alkanes) is 18. The molecular formula is C68H123N3O23. The van der Waals surface area contributed by atoms with E-state index in [0.717, 1.165) is 45.4 Å². The van der Waals surface area contributed by atoms with Crippen molar-refractivity contribution < 1.29 is 111 Å². The Balaban J connectivity index is 1.75. The van der Waals surface area contributed by atoms with Crippen LogP contribution in [0.1, 0.15) is 168 Å². The zero-order valence-corrected chi connectivity index (χ0v) is 57.2. The van der Waals surface area contributed by atoms with Crippen LogP contribution in [0.25, 0.3) is 0 Å². The molecule has 1 rings (SSSR count). The second-order valence-electron chi connectivity index (χ2n) is 22.7. The van der Waals surface area contributed by atoms with Gasteiger partial charge in [0.05, 0.1) is 184 Å². The summed E-state index contributed by atoms with van der Waals surface area (Å²) in [5, 5.41) is 58.5. The molecule has 0 radical (unpaired) electrons. The quantitative estimate of drug-likeness (QED) is 0.0305. The molecular weight excluding hydrogens is 1230 g/mol. The molecule has 1 heterocycles. The van der Waals surface area contributed by atoms with Crippen LogP contribution in [-0.2, 0) is 85.5 Å². The minimum Gasteiger partial charge on any atom is -0.477 e. The second-order valence-corrected chi connectivity index (χ2v) is 22.7. The molecule has 0 saturated carbocycles. The average molecular weight is 1350 g/mol. The Morgan fingerprint density at radius 1 is 0.468 bits per heavy atom. The van der Waals surface area contributed by atoms with Gasteiger partial charge in [0.15, 0.2) is 0 Å². The topological polar surface area (TPSA) is 335 Å². The highest BCUT2D eigenvalue weighted by atomic mass is 16.7. The molecule has 26 nitrogen and oxygen atoms in total. The minimum absolute atomic E-state index is 0.0761. The molecule has 0 aliphatic carbocycles. The Morgan fingerprint density at radius 2 is 0.830 bits per heavy atom. The molecule has 8 N–H and O–H groups in total. The lowest BCUT2D eigenvalue weighted by atomic mass is 9.88. The van der Waals surface area contributed by atoms with Crippen molar-refractivity contribution in [1.29, 1.82) is 0 Å². The highest BCUT2D eigenvalue weighted by molar-refractivity contribution is 5.77. The molecule has 1 saturated heterocycles. The van der Waals surface area contributed by atoms with Crippen molar-refractivity contribution in [1.82, 2.24) is 16.0 Å². The molecule has 0 aromatic heterocycles. The van der Waals surface area contributed by atoms with Crippen molar-refractivity contribution in [2.24, 2.45) is 0 Å². The molecule has 94 heavy (non-hydrogen) atoms. The number of aliphatic carboxylic acids is 1. The van der Waals surface area contributed by atoms with Crippen LogP contribution in [0.2, 0.25) is 0 Å². The van der Waals surface area contributed by atoms with E-state index in [1.54, 1.807) is 0 Å². The van der Waals surface area contributed by atoms with Crippen molar-refractivity contribution in [2.45, 2.75) is 204 Å². The molecule has 26 heteroatoms. The Kier molecular flexibility index (Phi) is 62.5. The van der Waals surface area contributed by atoms with Crippen molar-refractivity contribution in [3.8, 4) is 23.7 Å². The lowest BCUT2D eigenvalue weighted by Gasteiger charge is -2.46. The lowest BCUT2D eigenvalue weighted by Crippen LogP contribution is -2.67. The molecule has 0 bridgehead atoms. The van der Waals surface area contributed by atoms with Crippen LogP contribution < -0.4 is 16.0 Å². The van der Waals surface area contributed by atoms with E-state index in [1.807, 2.05) is 0 Å². The van der Waals surface area contributed by atoms with Crippen molar-refractivity contribution in [3.05, 3.63) is 0 Å². The largest absolute Gasteiger partial charge is 0.477 e. The zero-order valence-electron chi connectivity index (χ0n) is 57.2. The van der Waals surface area contributed by atoms with E-state index in [4.69, 9.17) is 66.3 Å². The monoisotopic (exact) mass is 1350 g/mol. The number of carboxylic acids is 1. The first kappa shape index (κ1) is 88.3. The summed E-state index contributed by atoms with van der Waals surface area (Å²) in [5.41, 5.74) is 0. The maximum absolute atomic E-state index is 12.2. The van der Waals surface area contributed by atoms with Gasteiger partial charge in [0.2, 0.25) is 17.7 Å². The van der Waals surface area contributed by atoms with Gasteiger partial charge in [0.1, 0.15) is 18.3 Å². The van der Waals surface area contributed by atoms with E-state index >= 15 is 0 Å². The number of amides is 3. The molecule has 548 valence electrons. The van der Waals surface area contributed by atoms with E-state index in [0.29, 0.717) is 191 Å². The number of hydrogen-bond donors (Lipinski definition) is 8. The average Bonchev–Trinajstić information content (AvgIpc) is 0.785. The third kappa shape index (κ3) is 54.3. The molecule has 0 unspecified atom stereocenters. The number of aliphatic hydroxyl groups is 4. The molecule has 6 atom stereocenters. The number of nitrogens with one attached hydrogen (secondary N) is 3. The summed E-state index contributed by atoms with van der Waals surface area (Å²) in [6, 6.07) is -1.28. The summed E-state index contributed by atoms with van der Waals surface area (Å²) in [4.78, 5) is 48.2. The number of aliphatic hydroxyl groups excluding tert-OH is 4. The fourth-order valence-corrected chi connectivity index (χ4v) is 9.39. The second kappa shape index (κ2) is 66.5. The molecule has 0 aromatic carbocycles. The molecule has 1 aliphatic heterocycles. The van der Waals surface area contributed by atoms with Crippen LogP contribution in [0.15, 0.2) is 0 Å². The first-order valence-corrected chi connectivity index (χ1v) is 34.9. The summed E-state index contributed by atoms with van der Waals surface area (Å²) in [6.07, 6.45) is 16.9. The van der Waals surface area contributed by atoms with Crippen molar-refractivity contribution in [2.75, 3.05) is 185 Å². The van der Waals surface area contributed by atoms with E-state index in [9.17, 15) is 44.7 Å². The highest BCUT2D eigenvalue weighted by Crippen LogP contribution is 2.34. The van der Waals surface area contributed by atoms with E-state index < -0.39 is 61.1 Å². The zero-order chi connectivity index (χ0) is 68.3. The van der Waals surface area contributed by atoms with Gasteiger partial charge < -0.3 is 108 Å². The van der Waals surface area contributed by atoms with Gasteiger partial charge in [-0.3, -0.25) is 14.4 Å². The third-order valence-electron chi connectivity index (χ3n) is 14.6. The van der Waals surface area contributed by atoms with Crippen LogP contribution >= 0.6 is 0 Å². The number of carboxylic acid groups (broad SMARTS) is 1. The Hall–Kier alpha value is -3.72. The van der Waals surface area contributed by atoms with Gasteiger partial charge in [0.25, 0.3) is 5.79 Å². The standard InChI is InChI=1S/C68H123N3O23/c1-3-4-5-6-7-8-9-10-11-12-13-14-15-16-17-18-19-20-21-22-23-25-28-62(76)70-31-34-82-36-38-84-40-42-86-44-46-88-48-50-90-52-54-92-56-55-91-53-51-89-49-47-87-45-43-85-41-39-83-37-35-81-33-29-63(77)69-30-26-24-27-32-93-68(67(79)80)57-60(74)64(71-59(2)73)66(94-68)65(78)61(75)58-72/h60-61,64-66,72,74-75,78H,3-13,18-58H2,1-2H3,(H,69,77)(H,70,76)(H,71,73)(H,79,80)/t60-,61+,64+,65+,66+,68+/m0/s1. The number of rotatable bonds is 69. The number of ether oxygens (including phenoxy) is 14. The minimum atomic E-state index is -2.38. The van der Waals surface area contributed by atoms with Crippen LogP contribution in [0, 0.1) is 23.7 Å². The summed E-state index contributed by atoms with van der Waals surface area (Å²) in [7, 11) is 0. The summed E-state index contributed by atoms with van der Waals surface area (Å²) < 4.78 is 77.4. The molecule has 3 amide bonds. The Labute approximate surface area is 561 Å². The maximum atomic E-state index is 12.2. The van der Waals surface area contributed by atoms with Gasteiger partial charge in [-0.05, 0) is 50.4 Å². The molecule has 0 aromatic rings. The van der Waals surface area contributed by atoms with Gasteiger partial charge in [-0.1, -0.05) is 102 Å². The Morgan fingerprint density at radius 3 is 1.23 bits per heavy atom. The predicted octanol–water partition coefficient (Wildman–Crippen LogP) is 4.58. The number of hydrogen-bond acceptors (Lipinski definition) is 22. The fraction of sp³-hybridized carbons (Fsp3) is 0.882. The first-order chi connectivity index (χ1) is 46.0. The SMILES string of the molecule is CCCCCCCCCCCCC#CC#CCCCCCCCCC(=O)NCCOCCOCCOCCOCCOCCOCCOCCOCCOCCOCCOCCOCCC(=O)NCCCCCO[C@]1(C(=O)O)C[C@H](O)[C@@H](NC(C)=O)[C@H]([C@H](O)[C@H](O)CO)O1. The highest BCUT2D eigenvalue weighted by Gasteiger charge is 2.55. The summed E-state index contributed by atoms with van der Waals surface area (Å²) >= 11 is 0. The fourth-order valence-electron chi connectivity index (χ4n) is 9.39. The van der Waals surface area contributed by atoms with Crippen LogP contribution in [-0.4, -0.2) is 270 Å². The van der Waals surface area contributed by atoms with E-state index in [1.165, 1.54) is 77.0 Å². The summed E-state index contributed by atoms with van der Waals surface area (Å²) in [5.74, 6) is 7.77. The maximum Gasteiger partial charge on any atom is 0.364 e. The van der Waals surface area contributed by atoms with Gasteiger partial charge in [0, 0.05) is 52.1 Å². The lowest BCUT2D eigenvalue weighted by molar-refractivity contribution is -0.311. The number of carbonyl (C=O) groups is 4. The molecule has 1 aliphatic rings. The van der Waals surface area contributed by atoms with E-state index in [-0.39, 0.29) is 31.4 Å². The normalized spacial score (nSPS) is 16.8. The summed E-state index contributed by atoms with van der Waals surface area (Å²) in [6.45, 7) is 13.6.